The quantitative estimate of drug-likeness (QED) is 0.339. The van der Waals surface area contributed by atoms with E-state index in [0.29, 0.717) is 30.4 Å². The minimum atomic E-state index is -1.08. The van der Waals surface area contributed by atoms with Crippen LogP contribution in [-0.2, 0) is 0 Å². The number of aromatic nitrogens is 2. The number of anilines is 1. The highest BCUT2D eigenvalue weighted by Crippen LogP contribution is 2.37. The van der Waals surface area contributed by atoms with E-state index in [2.05, 4.69) is 42.2 Å². The van der Waals surface area contributed by atoms with Crippen LogP contribution in [0.5, 0.6) is 0 Å². The minimum absolute atomic E-state index is 0.294. The minimum Gasteiger partial charge on any atom is -0.382 e. The van der Waals surface area contributed by atoms with Crippen LogP contribution >= 0.6 is 11.3 Å². The van der Waals surface area contributed by atoms with Gasteiger partial charge in [-0.05, 0) is 75.9 Å². The third-order valence-electron chi connectivity index (χ3n) is 6.20. The number of pyridine rings is 1. The highest BCUT2D eigenvalue weighted by atomic mass is 32.1. The molecule has 0 spiro atoms. The maximum absolute atomic E-state index is 12.0. The summed E-state index contributed by atoms with van der Waals surface area (Å²) in [5.41, 5.74) is 3.17. The molecule has 188 valence electrons. The fraction of sp³-hybridized carbons (Fsp3) is 0.346. The number of aliphatic hydroxyl groups is 1. The maximum atomic E-state index is 12.0. The van der Waals surface area contributed by atoms with Gasteiger partial charge in [-0.3, -0.25) is 10.3 Å². The Labute approximate surface area is 214 Å². The molecule has 1 saturated heterocycles. The SMILES string of the molecule is C=NC(=N/C=C(\C)c1cc(-c2ccccn2)c2sc(NC(=O)NCC)nc2c1)C1(O)CCN(C)CC1. The zero-order chi connectivity index (χ0) is 25.7. The predicted octanol–water partition coefficient (Wildman–Crippen LogP) is 4.42. The number of rotatable bonds is 6. The number of hydrogen-bond donors (Lipinski definition) is 3. The van der Waals surface area contributed by atoms with Crippen molar-refractivity contribution >= 4 is 50.8 Å². The second kappa shape index (κ2) is 11.1. The van der Waals surface area contributed by atoms with Gasteiger partial charge >= 0.3 is 6.03 Å². The van der Waals surface area contributed by atoms with Gasteiger partial charge < -0.3 is 15.3 Å². The van der Waals surface area contributed by atoms with E-state index in [1.165, 1.54) is 11.3 Å². The molecule has 4 rings (SSSR count). The zero-order valence-electron chi connectivity index (χ0n) is 20.8. The standard InChI is InChI=1S/C26H31N7O2S/c1-5-28-24(34)32-25-31-21-15-18(14-19(22(21)36-25)20-8-6-7-11-29-20)17(2)16-30-23(27-3)26(35)9-12-33(4)13-10-26/h6-8,11,14-16,35H,3,5,9-10,12-13H2,1-2,4H3,(H2,28,31,32,34)/b17-16+,30-23?. The lowest BCUT2D eigenvalue weighted by atomic mass is 9.90. The maximum Gasteiger partial charge on any atom is 0.321 e. The van der Waals surface area contributed by atoms with Gasteiger partial charge in [-0.15, -0.1) is 0 Å². The van der Waals surface area contributed by atoms with Gasteiger partial charge in [-0.2, -0.15) is 0 Å². The number of nitrogens with one attached hydrogen (secondary N) is 2. The first-order chi connectivity index (χ1) is 17.3. The Kier molecular flexibility index (Phi) is 7.88. The molecule has 1 aromatic carbocycles. The normalized spacial score (nSPS) is 16.7. The summed E-state index contributed by atoms with van der Waals surface area (Å²) in [5.74, 6) is 0.336. The molecule has 1 aliphatic heterocycles. The second-order valence-corrected chi connectivity index (χ2v) is 9.85. The van der Waals surface area contributed by atoms with Gasteiger partial charge in [0, 0.05) is 37.6 Å². The number of aliphatic imine (C=N–C) groups is 2. The third kappa shape index (κ3) is 5.67. The van der Waals surface area contributed by atoms with E-state index in [9.17, 15) is 9.90 Å². The molecule has 1 fully saturated rings. The van der Waals surface area contributed by atoms with Crippen molar-refractivity contribution in [3.63, 3.8) is 0 Å². The first kappa shape index (κ1) is 25.6. The van der Waals surface area contributed by atoms with Crippen molar-refractivity contribution in [3.8, 4) is 11.3 Å². The van der Waals surface area contributed by atoms with Gasteiger partial charge in [0.15, 0.2) is 11.0 Å². The Balaban J connectivity index is 1.73. The number of likely N-dealkylation sites (tertiary alicyclic amines) is 1. The lowest BCUT2D eigenvalue weighted by molar-refractivity contribution is 0.0428. The average molecular weight is 506 g/mol. The smallest absolute Gasteiger partial charge is 0.321 e. The van der Waals surface area contributed by atoms with E-state index >= 15 is 0 Å². The number of nitrogens with zero attached hydrogens (tertiary/aromatic N) is 5. The Morgan fingerprint density at radius 3 is 2.78 bits per heavy atom. The first-order valence-corrected chi connectivity index (χ1v) is 12.7. The summed E-state index contributed by atoms with van der Waals surface area (Å²) < 4.78 is 0.926. The van der Waals surface area contributed by atoms with Crippen LogP contribution in [0.3, 0.4) is 0 Å². The van der Waals surface area contributed by atoms with Crippen molar-refractivity contribution in [1.29, 1.82) is 0 Å². The van der Waals surface area contributed by atoms with Crippen LogP contribution in [-0.4, -0.2) is 70.8 Å². The van der Waals surface area contributed by atoms with Crippen LogP contribution in [0.1, 0.15) is 32.3 Å². The lowest BCUT2D eigenvalue weighted by Gasteiger charge is -2.35. The number of fused-ring (bicyclic) bond motifs is 1. The average Bonchev–Trinajstić information content (AvgIpc) is 3.28. The van der Waals surface area contributed by atoms with Crippen LogP contribution in [0.15, 0.2) is 52.7 Å². The van der Waals surface area contributed by atoms with E-state index in [-0.39, 0.29) is 6.03 Å². The molecule has 1 aliphatic rings. The van der Waals surface area contributed by atoms with Gasteiger partial charge in [0.2, 0.25) is 0 Å². The van der Waals surface area contributed by atoms with Gasteiger partial charge in [0.25, 0.3) is 0 Å². The largest absolute Gasteiger partial charge is 0.382 e. The Morgan fingerprint density at radius 2 is 2.11 bits per heavy atom. The number of urea groups is 1. The van der Waals surface area contributed by atoms with Crippen molar-refractivity contribution in [2.75, 3.05) is 32.0 Å². The Hall–Kier alpha value is -3.47. The van der Waals surface area contributed by atoms with Crippen molar-refractivity contribution in [2.24, 2.45) is 9.98 Å². The third-order valence-corrected chi connectivity index (χ3v) is 7.22. The molecule has 0 unspecified atom stereocenters. The summed E-state index contributed by atoms with van der Waals surface area (Å²) in [6.07, 6.45) is 4.58. The summed E-state index contributed by atoms with van der Waals surface area (Å²) in [7, 11) is 2.03. The van der Waals surface area contributed by atoms with Gasteiger partial charge in [-0.1, -0.05) is 17.4 Å². The molecule has 3 heterocycles. The molecule has 10 heteroatoms. The number of amides is 2. The molecule has 0 atom stereocenters. The van der Waals surface area contributed by atoms with E-state index < -0.39 is 5.60 Å². The Morgan fingerprint density at radius 1 is 1.33 bits per heavy atom. The number of thiazole rings is 1. The molecule has 0 radical (unpaired) electrons. The number of carbonyl (C=O) groups excluding carboxylic acids is 1. The molecule has 9 nitrogen and oxygen atoms in total. The summed E-state index contributed by atoms with van der Waals surface area (Å²) >= 11 is 1.40. The van der Waals surface area contributed by atoms with Gasteiger partial charge in [0.05, 0.1) is 15.9 Å². The van der Waals surface area contributed by atoms with E-state index in [1.54, 1.807) is 12.4 Å². The van der Waals surface area contributed by atoms with Crippen molar-refractivity contribution < 1.29 is 9.90 Å². The van der Waals surface area contributed by atoms with Crippen molar-refractivity contribution in [2.45, 2.75) is 32.3 Å². The predicted molar refractivity (Wildman–Crippen MR) is 148 cm³/mol. The van der Waals surface area contributed by atoms with Crippen LogP contribution in [0.2, 0.25) is 0 Å². The van der Waals surface area contributed by atoms with Gasteiger partial charge in [0.1, 0.15) is 5.60 Å². The van der Waals surface area contributed by atoms with E-state index in [4.69, 9.17) is 0 Å². The monoisotopic (exact) mass is 505 g/mol. The van der Waals surface area contributed by atoms with Crippen molar-refractivity contribution in [3.05, 3.63) is 48.3 Å². The van der Waals surface area contributed by atoms with Crippen molar-refractivity contribution in [1.82, 2.24) is 20.2 Å². The van der Waals surface area contributed by atoms with Crippen LogP contribution in [0, 0.1) is 0 Å². The molecular weight excluding hydrogens is 474 g/mol. The fourth-order valence-corrected chi connectivity index (χ4v) is 5.04. The zero-order valence-corrected chi connectivity index (χ0v) is 21.6. The highest BCUT2D eigenvalue weighted by Gasteiger charge is 2.36. The molecular formula is C26H31N7O2S. The molecule has 0 aliphatic carbocycles. The van der Waals surface area contributed by atoms with Crippen LogP contribution in [0.4, 0.5) is 9.93 Å². The van der Waals surface area contributed by atoms with E-state index in [0.717, 1.165) is 45.7 Å². The summed E-state index contributed by atoms with van der Waals surface area (Å²) in [4.78, 5) is 32.0. The number of allylic oxidation sites excluding steroid dienone is 1. The first-order valence-electron chi connectivity index (χ1n) is 11.9. The number of hydrogen-bond acceptors (Lipinski definition) is 7. The lowest BCUT2D eigenvalue weighted by Crippen LogP contribution is -2.47. The number of benzene rings is 1. The Bertz CT molecular complexity index is 1310. The fourth-order valence-electron chi connectivity index (χ4n) is 4.08. The summed E-state index contributed by atoms with van der Waals surface area (Å²) in [6.45, 7) is 9.53. The summed E-state index contributed by atoms with van der Waals surface area (Å²) in [5, 5.41) is 17.1. The molecule has 36 heavy (non-hydrogen) atoms. The van der Waals surface area contributed by atoms with Gasteiger partial charge in [-0.25, -0.2) is 19.8 Å². The second-order valence-electron chi connectivity index (χ2n) is 8.85. The molecule has 0 bridgehead atoms. The van der Waals surface area contributed by atoms with Crippen LogP contribution in [0.25, 0.3) is 27.0 Å². The van der Waals surface area contributed by atoms with E-state index in [1.807, 2.05) is 51.2 Å². The molecule has 2 amide bonds. The highest BCUT2D eigenvalue weighted by molar-refractivity contribution is 7.22. The molecule has 3 N–H and O–H groups in total. The number of amidine groups is 1. The molecule has 2 aromatic heterocycles. The summed E-state index contributed by atoms with van der Waals surface area (Å²) in [6, 6.07) is 9.47. The topological polar surface area (TPSA) is 115 Å². The van der Waals surface area contributed by atoms with Crippen LogP contribution < -0.4 is 10.6 Å². The number of carbonyl (C=O) groups is 1. The molecule has 3 aromatic rings. The molecule has 0 saturated carbocycles. The number of piperidine rings is 1.